The van der Waals surface area contributed by atoms with E-state index < -0.39 is 0 Å². The molecule has 48 heavy (non-hydrogen) atoms. The number of aryl methyl sites for hydroxylation is 3. The van der Waals surface area contributed by atoms with Crippen LogP contribution >= 0.6 is 0 Å². The molecule has 4 aromatic carbocycles. The Morgan fingerprint density at radius 3 is 2.31 bits per heavy atom. The number of hydrogen-bond donors (Lipinski definition) is 0. The quantitative estimate of drug-likeness (QED) is 0.124. The van der Waals surface area contributed by atoms with E-state index in [0.29, 0.717) is 0 Å². The molecule has 0 saturated carbocycles. The fourth-order valence-corrected chi connectivity index (χ4v) is 5.95. The average molecular weight is 804 g/mol. The summed E-state index contributed by atoms with van der Waals surface area (Å²) in [5.41, 5.74) is 12.3. The Morgan fingerprint density at radius 2 is 1.56 bits per heavy atom. The van der Waals surface area contributed by atoms with Crippen LogP contribution in [0.2, 0.25) is 0 Å². The van der Waals surface area contributed by atoms with Crippen molar-refractivity contribution in [2.45, 2.75) is 40.5 Å². The molecule has 4 heterocycles. The topological polar surface area (TPSA) is 36.7 Å². The molecule has 7 aromatic rings. The number of benzene rings is 4. The van der Waals surface area contributed by atoms with Crippen LogP contribution < -0.4 is 4.58 Å². The van der Waals surface area contributed by atoms with E-state index in [1.165, 1.54) is 22.4 Å². The van der Waals surface area contributed by atoms with E-state index in [2.05, 4.69) is 149 Å². The van der Waals surface area contributed by atoms with Gasteiger partial charge in [0, 0.05) is 56.7 Å². The largest absolute Gasteiger partial charge is 0.494 e. The summed E-state index contributed by atoms with van der Waals surface area (Å²) in [5.74, 6) is 0. The van der Waals surface area contributed by atoms with Crippen molar-refractivity contribution >= 4 is 45.0 Å². The zero-order valence-corrected chi connectivity index (χ0v) is 30.1. The molecule has 0 unspecified atom stereocenters. The van der Waals surface area contributed by atoms with Crippen LogP contribution in [-0.2, 0) is 20.1 Å². The standard InChI is InChI=1S/C28H23N4.C14H14N.Ir/c1-2-3-18-30-20-31(26-14-8-7-13-25(26)30)22-15-16-23-24-12-9-17-29-28(24)32(27(23)19-22)21-10-5-4-6-11-21;1-10-4-6-13(7-5-10)14-8-11(2)12(3)9-15-14;/h4-14,16-17,19H,2-3,18H2,1H3;4-6,8-9H,1-3H3;/q+1;-1;. The van der Waals surface area contributed by atoms with Gasteiger partial charge in [0.15, 0.2) is 6.54 Å². The van der Waals surface area contributed by atoms with E-state index in [9.17, 15) is 0 Å². The van der Waals surface area contributed by atoms with Crippen molar-refractivity contribution in [1.82, 2.24) is 19.1 Å². The van der Waals surface area contributed by atoms with Gasteiger partial charge in [-0.15, -0.1) is 41.5 Å². The summed E-state index contributed by atoms with van der Waals surface area (Å²) in [7, 11) is 0. The summed E-state index contributed by atoms with van der Waals surface area (Å²) in [5, 5.41) is 2.28. The Labute approximate surface area is 295 Å². The Bertz CT molecular complexity index is 2300. The summed E-state index contributed by atoms with van der Waals surface area (Å²) in [6.45, 7) is 9.42. The van der Waals surface area contributed by atoms with Crippen LogP contribution in [-0.4, -0.2) is 31.7 Å². The van der Waals surface area contributed by atoms with Crippen molar-refractivity contribution in [3.63, 3.8) is 0 Å². The maximum Gasteiger partial charge on any atom is 0.494 e. The van der Waals surface area contributed by atoms with E-state index in [0.717, 1.165) is 69.6 Å². The minimum Gasteiger partial charge on any atom is -0.318 e. The van der Waals surface area contributed by atoms with Gasteiger partial charge in [-0.1, -0.05) is 88.9 Å². The molecule has 0 atom stereocenters. The fourth-order valence-electron chi connectivity index (χ4n) is 5.95. The molecule has 0 spiro atoms. The fraction of sp³-hybridized carbons (Fsp3) is 0.167. The molecular weight excluding hydrogens is 767 g/mol. The normalized spacial score (nSPS) is 11.8. The molecular formula is C42H37IrN5. The molecule has 0 aliphatic carbocycles. The molecule has 0 N–H and O–H groups in total. The van der Waals surface area contributed by atoms with Gasteiger partial charge in [-0.2, -0.15) is 6.07 Å². The number of pyridine rings is 2. The van der Waals surface area contributed by atoms with Crippen LogP contribution in [0.3, 0.4) is 0 Å². The molecule has 5 nitrogen and oxygen atoms in total. The number of fused-ring (bicyclic) bond motifs is 4. The number of hydrogen-bond acceptors (Lipinski definition) is 2. The van der Waals surface area contributed by atoms with Gasteiger partial charge in [0.05, 0.1) is 0 Å². The molecule has 3 aromatic heterocycles. The Hall–Kier alpha value is -4.99. The third-order valence-corrected chi connectivity index (χ3v) is 8.68. The smallest absolute Gasteiger partial charge is 0.318 e. The molecule has 239 valence electrons. The predicted molar refractivity (Wildman–Crippen MR) is 193 cm³/mol. The third kappa shape index (κ3) is 6.43. The summed E-state index contributed by atoms with van der Waals surface area (Å²) in [6.07, 6.45) is 6.06. The molecule has 1 aliphatic rings. The van der Waals surface area contributed by atoms with Crippen LogP contribution in [0.1, 0.15) is 36.5 Å². The summed E-state index contributed by atoms with van der Waals surface area (Å²) < 4.78 is 6.59. The molecule has 1 aliphatic heterocycles. The zero-order chi connectivity index (χ0) is 32.3. The van der Waals surface area contributed by atoms with Gasteiger partial charge in [0.25, 0.3) is 11.4 Å². The van der Waals surface area contributed by atoms with Crippen LogP contribution in [0.15, 0.2) is 116 Å². The number of para-hydroxylation sites is 3. The molecule has 0 bridgehead atoms. The van der Waals surface area contributed by atoms with Crippen LogP contribution in [0.25, 0.3) is 38.9 Å². The van der Waals surface area contributed by atoms with Gasteiger partial charge in [0.2, 0.25) is 0 Å². The first-order chi connectivity index (χ1) is 23.0. The number of nitrogens with zero attached hydrogens (tertiary/aromatic N) is 5. The van der Waals surface area contributed by atoms with Gasteiger partial charge in [-0.05, 0) is 54.2 Å². The maximum absolute atomic E-state index is 4.72. The minimum absolute atomic E-state index is 0. The Kier molecular flexibility index (Phi) is 9.89. The van der Waals surface area contributed by atoms with Gasteiger partial charge in [0.1, 0.15) is 11.3 Å². The second-order valence-electron chi connectivity index (χ2n) is 12.0. The number of rotatable bonds is 6. The molecule has 8 rings (SSSR count). The van der Waals surface area contributed by atoms with Crippen molar-refractivity contribution in [3.8, 4) is 16.9 Å². The molecule has 0 amide bonds. The molecule has 1 radical (unpaired) electrons. The minimum atomic E-state index is 0. The van der Waals surface area contributed by atoms with Gasteiger partial charge >= 0.3 is 6.01 Å². The third-order valence-electron chi connectivity index (χ3n) is 8.68. The van der Waals surface area contributed by atoms with Crippen molar-refractivity contribution in [3.05, 3.63) is 144 Å². The Balaban J connectivity index is 0.000000212. The van der Waals surface area contributed by atoms with Crippen LogP contribution in [0.5, 0.6) is 0 Å². The first kappa shape index (κ1) is 32.9. The predicted octanol–water partition coefficient (Wildman–Crippen LogP) is 9.92. The first-order valence-electron chi connectivity index (χ1n) is 16.2. The van der Waals surface area contributed by atoms with E-state index in [1.807, 2.05) is 30.6 Å². The van der Waals surface area contributed by atoms with E-state index in [4.69, 9.17) is 4.98 Å². The van der Waals surface area contributed by atoms with Gasteiger partial charge in [-0.25, -0.2) is 4.98 Å². The van der Waals surface area contributed by atoms with Crippen LogP contribution in [0.4, 0.5) is 17.1 Å². The van der Waals surface area contributed by atoms with Gasteiger partial charge in [-0.3, -0.25) is 0 Å². The van der Waals surface area contributed by atoms with Gasteiger partial charge < -0.3 is 9.55 Å². The Morgan fingerprint density at radius 1 is 0.771 bits per heavy atom. The van der Waals surface area contributed by atoms with Crippen molar-refractivity contribution in [1.29, 1.82) is 0 Å². The summed E-state index contributed by atoms with van der Waals surface area (Å²) in [6, 6.07) is 45.9. The molecule has 6 heteroatoms. The van der Waals surface area contributed by atoms with E-state index in [-0.39, 0.29) is 20.1 Å². The van der Waals surface area contributed by atoms with Crippen molar-refractivity contribution < 1.29 is 24.7 Å². The van der Waals surface area contributed by atoms with Crippen molar-refractivity contribution in [2.24, 2.45) is 0 Å². The second kappa shape index (κ2) is 14.4. The first-order valence-corrected chi connectivity index (χ1v) is 16.2. The zero-order valence-electron chi connectivity index (χ0n) is 27.7. The second-order valence-corrected chi connectivity index (χ2v) is 12.0. The molecule has 0 fully saturated rings. The van der Waals surface area contributed by atoms with Crippen LogP contribution in [0, 0.1) is 32.9 Å². The van der Waals surface area contributed by atoms with E-state index in [1.54, 1.807) is 0 Å². The molecule has 0 saturated heterocycles. The monoisotopic (exact) mass is 804 g/mol. The number of unbranched alkanes of at least 4 members (excludes halogenated alkanes) is 1. The SMILES string of the molecule is CCCC[N+]1=C=[N+](c2[c-]cc3c4cccnc4n(-c4ccccc4)c3c2)c2ccccc21.Cc1c[c-]c(-c2cc(C)c(C)cn2)cc1.[Ir]. The summed E-state index contributed by atoms with van der Waals surface area (Å²) >= 11 is 0. The maximum atomic E-state index is 4.72. The van der Waals surface area contributed by atoms with Crippen molar-refractivity contribution in [2.75, 3.05) is 6.54 Å². The summed E-state index contributed by atoms with van der Waals surface area (Å²) in [4.78, 5) is 9.12. The van der Waals surface area contributed by atoms with E-state index >= 15 is 0 Å². The average Bonchev–Trinajstić information content (AvgIpc) is 3.65. The number of aromatic nitrogens is 3.